The summed E-state index contributed by atoms with van der Waals surface area (Å²) >= 11 is 0. The summed E-state index contributed by atoms with van der Waals surface area (Å²) in [5, 5.41) is 16.8. The van der Waals surface area contributed by atoms with E-state index in [2.05, 4.69) is 20.6 Å². The molecule has 2 aromatic rings. The number of carbonyl (C=O) groups is 2. The lowest BCUT2D eigenvalue weighted by atomic mass is 10.1. The zero-order valence-electron chi connectivity index (χ0n) is 18.6. The summed E-state index contributed by atoms with van der Waals surface area (Å²) in [5.41, 5.74) is 2.10. The molecule has 0 amide bonds. The molecule has 0 aliphatic rings. The van der Waals surface area contributed by atoms with Gasteiger partial charge in [0.1, 0.15) is 11.6 Å². The average Bonchev–Trinajstić information content (AvgIpc) is 3.34. The van der Waals surface area contributed by atoms with Gasteiger partial charge >= 0.3 is 0 Å². The molecule has 0 aliphatic carbocycles. The molecule has 0 saturated heterocycles. The number of unbranched alkanes of at least 4 members (excludes halogenated alkanes) is 5. The Morgan fingerprint density at radius 2 is 1.10 bits per heavy atom. The highest BCUT2D eigenvalue weighted by Gasteiger charge is 2.04. The van der Waals surface area contributed by atoms with E-state index in [4.69, 9.17) is 0 Å². The van der Waals surface area contributed by atoms with Gasteiger partial charge < -0.3 is 9.59 Å². The molecule has 0 fully saturated rings. The third kappa shape index (κ3) is 10.4. The number of Topliss-reactive ketones (excluding diaryl/α,β-unsaturated/α-hetero) is 2. The van der Waals surface area contributed by atoms with Gasteiger partial charge in [0.15, 0.2) is 0 Å². The van der Waals surface area contributed by atoms with Gasteiger partial charge in [-0.2, -0.15) is 0 Å². The van der Waals surface area contributed by atoms with Crippen molar-refractivity contribution >= 4 is 11.6 Å². The highest BCUT2D eigenvalue weighted by atomic mass is 16.1. The average molecular weight is 417 g/mol. The first-order chi connectivity index (χ1) is 14.5. The Bertz CT molecular complexity index is 703. The van der Waals surface area contributed by atoms with E-state index >= 15 is 0 Å². The van der Waals surface area contributed by atoms with Gasteiger partial charge in [0, 0.05) is 38.3 Å². The molecule has 0 N–H and O–H groups in total. The predicted molar refractivity (Wildman–Crippen MR) is 115 cm³/mol. The Morgan fingerprint density at radius 3 is 1.50 bits per heavy atom. The summed E-state index contributed by atoms with van der Waals surface area (Å²) < 4.78 is 3.78. The molecule has 8 nitrogen and oxygen atoms in total. The van der Waals surface area contributed by atoms with E-state index < -0.39 is 0 Å². The first-order valence-corrected chi connectivity index (χ1v) is 11.3. The molecule has 0 saturated carbocycles. The van der Waals surface area contributed by atoms with Crippen LogP contribution in [0.1, 0.15) is 89.4 Å². The second kappa shape index (κ2) is 13.8. The predicted octanol–water partition coefficient (Wildman–Crippen LogP) is 3.73. The van der Waals surface area contributed by atoms with Crippen LogP contribution in [0.2, 0.25) is 0 Å². The van der Waals surface area contributed by atoms with Gasteiger partial charge in [-0.1, -0.05) is 23.3 Å². The molecule has 2 heterocycles. The Balaban J connectivity index is 1.50. The van der Waals surface area contributed by atoms with Gasteiger partial charge in [0.2, 0.25) is 0 Å². The maximum absolute atomic E-state index is 10.9. The number of aromatic nitrogens is 6. The molecule has 0 aliphatic heterocycles. The van der Waals surface area contributed by atoms with Crippen LogP contribution in [0.5, 0.6) is 0 Å². The van der Waals surface area contributed by atoms with E-state index in [1.54, 1.807) is 13.8 Å². The van der Waals surface area contributed by atoms with Crippen molar-refractivity contribution in [1.29, 1.82) is 0 Å². The maximum Gasteiger partial charge on any atom is 0.129 e. The van der Waals surface area contributed by atoms with E-state index in [0.29, 0.717) is 12.8 Å². The smallest absolute Gasteiger partial charge is 0.129 e. The summed E-state index contributed by atoms with van der Waals surface area (Å²) in [6, 6.07) is 0. The number of ketones is 2. The minimum absolute atomic E-state index is 0.250. The molecule has 0 spiro atoms. The molecule has 8 heteroatoms. The van der Waals surface area contributed by atoms with E-state index in [1.807, 2.05) is 21.8 Å². The molecular weight excluding hydrogens is 380 g/mol. The van der Waals surface area contributed by atoms with Crippen LogP contribution >= 0.6 is 0 Å². The Labute approximate surface area is 179 Å². The van der Waals surface area contributed by atoms with Crippen molar-refractivity contribution in [1.82, 2.24) is 30.0 Å². The summed E-state index contributed by atoms with van der Waals surface area (Å²) in [6.45, 7) is 4.94. The van der Waals surface area contributed by atoms with Crippen LogP contribution in [0, 0.1) is 0 Å². The zero-order chi connectivity index (χ0) is 21.6. The lowest BCUT2D eigenvalue weighted by Gasteiger charge is -2.00. The van der Waals surface area contributed by atoms with Crippen LogP contribution < -0.4 is 0 Å². The van der Waals surface area contributed by atoms with Gasteiger partial charge in [-0.3, -0.25) is 9.36 Å². The topological polar surface area (TPSA) is 95.6 Å². The lowest BCUT2D eigenvalue weighted by Crippen LogP contribution is -2.00. The van der Waals surface area contributed by atoms with Gasteiger partial charge in [0.25, 0.3) is 0 Å². The molecule has 30 heavy (non-hydrogen) atoms. The monoisotopic (exact) mass is 416 g/mol. The molecule has 0 bridgehead atoms. The highest BCUT2D eigenvalue weighted by Crippen LogP contribution is 2.09. The van der Waals surface area contributed by atoms with Crippen LogP contribution in [0.3, 0.4) is 0 Å². The number of aryl methyl sites for hydroxylation is 4. The van der Waals surface area contributed by atoms with Crippen molar-refractivity contribution in [2.75, 3.05) is 0 Å². The highest BCUT2D eigenvalue weighted by molar-refractivity contribution is 5.75. The molecule has 2 rings (SSSR count). The SMILES string of the molecule is CC(=O)CCCCn1cc(CCCCCCc2cn(CCCCC(C)=O)nn2)nn1. The molecule has 2 aromatic heterocycles. The van der Waals surface area contributed by atoms with Crippen LogP contribution in [0.4, 0.5) is 0 Å². The second-order valence-electron chi connectivity index (χ2n) is 8.18. The summed E-state index contributed by atoms with van der Waals surface area (Å²) in [5.74, 6) is 0.500. The zero-order valence-corrected chi connectivity index (χ0v) is 18.6. The summed E-state index contributed by atoms with van der Waals surface area (Å²) in [6.07, 6.45) is 15.6. The largest absolute Gasteiger partial charge is 0.300 e. The fourth-order valence-corrected chi connectivity index (χ4v) is 3.39. The minimum Gasteiger partial charge on any atom is -0.300 e. The van der Waals surface area contributed by atoms with Crippen molar-refractivity contribution in [3.05, 3.63) is 23.8 Å². The van der Waals surface area contributed by atoms with E-state index in [9.17, 15) is 9.59 Å². The van der Waals surface area contributed by atoms with Crippen molar-refractivity contribution in [2.45, 2.75) is 104 Å². The molecule has 0 aromatic carbocycles. The first-order valence-electron chi connectivity index (χ1n) is 11.3. The third-order valence-electron chi connectivity index (χ3n) is 5.12. The molecular formula is C22H36N6O2. The number of nitrogens with zero attached hydrogens (tertiary/aromatic N) is 6. The van der Waals surface area contributed by atoms with Crippen LogP contribution in [-0.4, -0.2) is 41.6 Å². The standard InChI is InChI=1S/C22H36N6O2/c1-19(29)11-7-9-15-27-17-21(23-25-27)13-5-3-4-6-14-22-18-28(26-24-22)16-10-8-12-20(2)30/h17-18H,3-16H2,1-2H3. The van der Waals surface area contributed by atoms with Crippen LogP contribution in [0.25, 0.3) is 0 Å². The number of rotatable bonds is 17. The maximum atomic E-state index is 10.9. The van der Waals surface area contributed by atoms with Gasteiger partial charge in [-0.05, 0) is 65.2 Å². The van der Waals surface area contributed by atoms with E-state index in [1.165, 1.54) is 12.8 Å². The third-order valence-corrected chi connectivity index (χ3v) is 5.12. The molecule has 0 atom stereocenters. The Morgan fingerprint density at radius 1 is 0.667 bits per heavy atom. The summed E-state index contributed by atoms with van der Waals surface area (Å²) in [7, 11) is 0. The van der Waals surface area contributed by atoms with Gasteiger partial charge in [-0.15, -0.1) is 10.2 Å². The molecule has 0 unspecified atom stereocenters. The van der Waals surface area contributed by atoms with Crippen molar-refractivity contribution in [3.8, 4) is 0 Å². The molecule has 0 radical (unpaired) electrons. The van der Waals surface area contributed by atoms with E-state index in [0.717, 1.165) is 75.8 Å². The number of hydrogen-bond donors (Lipinski definition) is 0. The first kappa shape index (κ1) is 23.9. The fraction of sp³-hybridized carbons (Fsp3) is 0.727. The second-order valence-corrected chi connectivity index (χ2v) is 8.18. The Hall–Kier alpha value is -2.38. The van der Waals surface area contributed by atoms with E-state index in [-0.39, 0.29) is 11.6 Å². The normalized spacial score (nSPS) is 11.1. The van der Waals surface area contributed by atoms with Crippen molar-refractivity contribution in [2.24, 2.45) is 0 Å². The van der Waals surface area contributed by atoms with Crippen LogP contribution in [0.15, 0.2) is 12.4 Å². The minimum atomic E-state index is 0.250. The summed E-state index contributed by atoms with van der Waals surface area (Å²) in [4.78, 5) is 21.9. The lowest BCUT2D eigenvalue weighted by molar-refractivity contribution is -0.118. The van der Waals surface area contributed by atoms with Crippen molar-refractivity contribution in [3.63, 3.8) is 0 Å². The number of hydrogen-bond acceptors (Lipinski definition) is 6. The van der Waals surface area contributed by atoms with Gasteiger partial charge in [0.05, 0.1) is 11.4 Å². The molecule has 166 valence electrons. The van der Waals surface area contributed by atoms with Gasteiger partial charge in [-0.25, -0.2) is 0 Å². The Kier molecular flexibility index (Phi) is 11.0. The van der Waals surface area contributed by atoms with Crippen molar-refractivity contribution < 1.29 is 9.59 Å². The fourth-order valence-electron chi connectivity index (χ4n) is 3.39. The number of carbonyl (C=O) groups excluding carboxylic acids is 2. The quantitative estimate of drug-likeness (QED) is 0.365. The van der Waals surface area contributed by atoms with Crippen LogP contribution in [-0.2, 0) is 35.5 Å².